The molecule has 1 heterocycles. The largest absolute Gasteiger partial charge is 0.574 e. The van der Waals surface area contributed by atoms with E-state index in [0.717, 1.165) is 7.11 Å². The molecule has 0 saturated heterocycles. The van der Waals surface area contributed by atoms with Gasteiger partial charge in [-0.05, 0) is 0 Å². The van der Waals surface area contributed by atoms with Crippen molar-refractivity contribution < 1.29 is 35.8 Å². The summed E-state index contributed by atoms with van der Waals surface area (Å²) < 4.78 is 82.0. The Kier molecular flexibility index (Phi) is 4.54. The molecule has 0 bridgehead atoms. The van der Waals surface area contributed by atoms with E-state index in [1.807, 2.05) is 0 Å². The fraction of sp³-hybridized carbons (Fsp3) is 0.444. The zero-order chi connectivity index (χ0) is 14.8. The Morgan fingerprint density at radius 2 is 1.79 bits per heavy atom. The van der Waals surface area contributed by atoms with Gasteiger partial charge in [0, 0.05) is 11.4 Å². The highest BCUT2D eigenvalue weighted by molar-refractivity contribution is 9.08. The molecule has 0 spiro atoms. The van der Waals surface area contributed by atoms with Crippen LogP contribution in [0.4, 0.5) is 26.3 Å². The summed E-state index contributed by atoms with van der Waals surface area (Å²) in [6, 6.07) is 0.137. The molecule has 0 N–H and O–H groups in total. The molecule has 1 rings (SSSR count). The zero-order valence-corrected chi connectivity index (χ0v) is 10.8. The number of aromatic nitrogens is 1. The van der Waals surface area contributed by atoms with Gasteiger partial charge < -0.3 is 9.47 Å². The van der Waals surface area contributed by atoms with Gasteiger partial charge in [-0.3, -0.25) is 0 Å². The minimum absolute atomic E-state index is 0.137. The van der Waals surface area contributed by atoms with Crippen LogP contribution in [0.15, 0.2) is 6.07 Å². The number of halogens is 7. The predicted octanol–water partition coefficient (Wildman–Crippen LogP) is 3.90. The average molecular weight is 354 g/mol. The Hall–Kier alpha value is -1.19. The van der Waals surface area contributed by atoms with Crippen LogP contribution >= 0.6 is 15.9 Å². The van der Waals surface area contributed by atoms with Gasteiger partial charge in [0.05, 0.1) is 12.8 Å². The molecule has 3 nitrogen and oxygen atoms in total. The van der Waals surface area contributed by atoms with E-state index in [-0.39, 0.29) is 17.1 Å². The van der Waals surface area contributed by atoms with Gasteiger partial charge in [0.2, 0.25) is 5.88 Å². The fourth-order valence-corrected chi connectivity index (χ4v) is 1.64. The maximum Gasteiger partial charge on any atom is 0.574 e. The highest BCUT2D eigenvalue weighted by Crippen LogP contribution is 2.40. The molecule has 19 heavy (non-hydrogen) atoms. The van der Waals surface area contributed by atoms with Crippen molar-refractivity contribution in [1.82, 2.24) is 4.98 Å². The van der Waals surface area contributed by atoms with Gasteiger partial charge in [0.1, 0.15) is 5.56 Å². The van der Waals surface area contributed by atoms with E-state index < -0.39 is 29.7 Å². The molecule has 1 aromatic rings. The van der Waals surface area contributed by atoms with Crippen LogP contribution in [0.1, 0.15) is 11.3 Å². The summed E-state index contributed by atoms with van der Waals surface area (Å²) in [4.78, 5) is 3.31. The molecule has 0 aliphatic heterocycles. The SMILES string of the molecule is COc1c(C(F)(F)F)cc(OC(F)(F)F)nc1CBr. The molecule has 0 aliphatic carbocycles. The van der Waals surface area contributed by atoms with Crippen LogP contribution in [0.5, 0.6) is 11.6 Å². The Bertz CT molecular complexity index is 459. The predicted molar refractivity (Wildman–Crippen MR) is 55.1 cm³/mol. The van der Waals surface area contributed by atoms with Gasteiger partial charge in [0.25, 0.3) is 0 Å². The van der Waals surface area contributed by atoms with Gasteiger partial charge in [-0.2, -0.15) is 13.2 Å². The normalized spacial score (nSPS) is 12.4. The summed E-state index contributed by atoms with van der Waals surface area (Å²) in [6.07, 6.45) is -10.0. The van der Waals surface area contributed by atoms with E-state index >= 15 is 0 Å². The number of rotatable bonds is 3. The second kappa shape index (κ2) is 5.43. The lowest BCUT2D eigenvalue weighted by atomic mass is 10.2. The van der Waals surface area contributed by atoms with Crippen molar-refractivity contribution >= 4 is 15.9 Å². The minimum atomic E-state index is -5.13. The number of methoxy groups -OCH3 is 1. The van der Waals surface area contributed by atoms with Crippen molar-refractivity contribution in [3.05, 3.63) is 17.3 Å². The summed E-state index contributed by atoms with van der Waals surface area (Å²) in [5, 5.41) is -0.228. The lowest BCUT2D eigenvalue weighted by Gasteiger charge is -2.16. The van der Waals surface area contributed by atoms with Gasteiger partial charge in [0.15, 0.2) is 5.75 Å². The van der Waals surface area contributed by atoms with Crippen molar-refractivity contribution in [2.45, 2.75) is 17.9 Å². The highest BCUT2D eigenvalue weighted by atomic mass is 79.9. The first-order valence-corrected chi connectivity index (χ1v) is 5.67. The molecule has 0 aliphatic rings. The maximum absolute atomic E-state index is 12.7. The quantitative estimate of drug-likeness (QED) is 0.610. The molecule has 0 fully saturated rings. The molecule has 0 radical (unpaired) electrons. The molecule has 0 unspecified atom stereocenters. The Morgan fingerprint density at radius 3 is 2.16 bits per heavy atom. The summed E-state index contributed by atoms with van der Waals surface area (Å²) in [5.41, 5.74) is -1.74. The molecule has 108 valence electrons. The molecule has 0 amide bonds. The molecular weight excluding hydrogens is 348 g/mol. The van der Waals surface area contributed by atoms with Gasteiger partial charge in [-0.15, -0.1) is 13.2 Å². The second-order valence-electron chi connectivity index (χ2n) is 3.17. The summed E-state index contributed by atoms with van der Waals surface area (Å²) in [7, 11) is 0.961. The van der Waals surface area contributed by atoms with E-state index in [2.05, 4.69) is 30.4 Å². The lowest BCUT2D eigenvalue weighted by Crippen LogP contribution is -2.19. The van der Waals surface area contributed by atoms with Gasteiger partial charge >= 0.3 is 12.5 Å². The smallest absolute Gasteiger partial charge is 0.494 e. The topological polar surface area (TPSA) is 31.4 Å². The van der Waals surface area contributed by atoms with Crippen LogP contribution in [0.3, 0.4) is 0 Å². The van der Waals surface area contributed by atoms with Crippen molar-refractivity contribution in [3.63, 3.8) is 0 Å². The first kappa shape index (κ1) is 15.9. The summed E-state index contributed by atoms with van der Waals surface area (Å²) in [5.74, 6) is -1.85. The lowest BCUT2D eigenvalue weighted by molar-refractivity contribution is -0.276. The van der Waals surface area contributed by atoms with E-state index in [1.165, 1.54) is 0 Å². The van der Waals surface area contributed by atoms with E-state index in [4.69, 9.17) is 0 Å². The average Bonchev–Trinajstić information content (AvgIpc) is 2.24. The van der Waals surface area contributed by atoms with E-state index in [9.17, 15) is 26.3 Å². The number of ether oxygens (including phenoxy) is 2. The number of hydrogen-bond donors (Lipinski definition) is 0. The van der Waals surface area contributed by atoms with E-state index in [0.29, 0.717) is 0 Å². The molecular formula is C9H6BrF6NO2. The number of nitrogens with zero attached hydrogens (tertiary/aromatic N) is 1. The van der Waals surface area contributed by atoms with Crippen LogP contribution in [-0.4, -0.2) is 18.5 Å². The highest BCUT2D eigenvalue weighted by Gasteiger charge is 2.39. The number of pyridine rings is 1. The van der Waals surface area contributed by atoms with Crippen molar-refractivity contribution in [3.8, 4) is 11.6 Å². The monoisotopic (exact) mass is 353 g/mol. The molecule has 0 aromatic carbocycles. The molecule has 0 atom stereocenters. The zero-order valence-electron chi connectivity index (χ0n) is 9.19. The van der Waals surface area contributed by atoms with Gasteiger partial charge in [-0.25, -0.2) is 4.98 Å². The van der Waals surface area contributed by atoms with Crippen molar-refractivity contribution in [2.24, 2.45) is 0 Å². The van der Waals surface area contributed by atoms with Gasteiger partial charge in [-0.1, -0.05) is 15.9 Å². The van der Waals surface area contributed by atoms with Crippen LogP contribution in [0.2, 0.25) is 0 Å². The third-order valence-corrected chi connectivity index (χ3v) is 2.41. The Balaban J connectivity index is 3.39. The first-order valence-electron chi connectivity index (χ1n) is 4.55. The molecule has 10 heteroatoms. The number of hydrogen-bond acceptors (Lipinski definition) is 3. The van der Waals surface area contributed by atoms with Crippen LogP contribution in [0.25, 0.3) is 0 Å². The van der Waals surface area contributed by atoms with Crippen LogP contribution in [0, 0.1) is 0 Å². The molecule has 0 saturated carbocycles. The van der Waals surface area contributed by atoms with Crippen LogP contribution < -0.4 is 9.47 Å². The first-order chi connectivity index (χ1) is 8.58. The third-order valence-electron chi connectivity index (χ3n) is 1.88. The standard InChI is InChI=1S/C9H6BrF6NO2/c1-18-7-4(8(11,12)13)2-6(17-5(7)3-10)19-9(14,15)16/h2H,3H2,1H3. The third kappa shape index (κ3) is 4.15. The second-order valence-corrected chi connectivity index (χ2v) is 3.73. The van der Waals surface area contributed by atoms with Crippen LogP contribution in [-0.2, 0) is 11.5 Å². The van der Waals surface area contributed by atoms with E-state index in [1.54, 1.807) is 0 Å². The van der Waals surface area contributed by atoms with Crippen molar-refractivity contribution in [1.29, 1.82) is 0 Å². The Labute approximate surface area is 111 Å². The van der Waals surface area contributed by atoms with Crippen molar-refractivity contribution in [2.75, 3.05) is 7.11 Å². The molecule has 1 aromatic heterocycles. The fourth-order valence-electron chi connectivity index (χ4n) is 1.26. The Morgan fingerprint density at radius 1 is 1.21 bits per heavy atom. The minimum Gasteiger partial charge on any atom is -0.494 e. The maximum atomic E-state index is 12.7. The summed E-state index contributed by atoms with van der Waals surface area (Å²) >= 11 is 2.82. The summed E-state index contributed by atoms with van der Waals surface area (Å²) in [6.45, 7) is 0. The number of alkyl halides is 7.